The van der Waals surface area contributed by atoms with Crippen LogP contribution in [0.5, 0.6) is 0 Å². The summed E-state index contributed by atoms with van der Waals surface area (Å²) in [5, 5.41) is 9.49. The Bertz CT molecular complexity index is 1280. The van der Waals surface area contributed by atoms with Gasteiger partial charge in [0.2, 0.25) is 5.43 Å². The van der Waals surface area contributed by atoms with E-state index in [1.165, 1.54) is 16.7 Å². The fourth-order valence-corrected chi connectivity index (χ4v) is 4.73. The first-order valence-electron chi connectivity index (χ1n) is 10.1. The monoisotopic (exact) mass is 426 g/mol. The van der Waals surface area contributed by atoms with Gasteiger partial charge in [-0.05, 0) is 48.9 Å². The van der Waals surface area contributed by atoms with Gasteiger partial charge in [0.1, 0.15) is 23.0 Å². The lowest BCUT2D eigenvalue weighted by Crippen LogP contribution is -2.56. The van der Waals surface area contributed by atoms with E-state index in [4.69, 9.17) is 5.73 Å². The molecule has 2 fully saturated rings. The quantitative estimate of drug-likeness (QED) is 0.668. The van der Waals surface area contributed by atoms with Crippen molar-refractivity contribution in [3.05, 3.63) is 63.9 Å². The van der Waals surface area contributed by atoms with Crippen molar-refractivity contribution >= 4 is 22.8 Å². The summed E-state index contributed by atoms with van der Waals surface area (Å²) in [7, 11) is 0. The number of anilines is 1. The molecule has 3 N–H and O–H groups in total. The van der Waals surface area contributed by atoms with Crippen LogP contribution in [0.3, 0.4) is 0 Å². The Morgan fingerprint density at radius 1 is 1.23 bits per heavy atom. The van der Waals surface area contributed by atoms with Gasteiger partial charge >= 0.3 is 5.97 Å². The van der Waals surface area contributed by atoms with Gasteiger partial charge in [-0.15, -0.1) is 0 Å². The maximum absolute atomic E-state index is 14.6. The minimum atomic E-state index is -1.44. The van der Waals surface area contributed by atoms with Crippen LogP contribution in [-0.4, -0.2) is 39.8 Å². The number of aromatic nitrogens is 2. The SMILES string of the molecule is NC1CC2CCN(c3ccc4c(=O)c(C(=O)O)cn(-c5ccc(F)cc5F)c4n3)CC12. The first-order valence-corrected chi connectivity index (χ1v) is 10.1. The van der Waals surface area contributed by atoms with Crippen molar-refractivity contribution in [1.29, 1.82) is 0 Å². The zero-order valence-corrected chi connectivity index (χ0v) is 16.5. The van der Waals surface area contributed by atoms with E-state index in [9.17, 15) is 23.5 Å². The number of rotatable bonds is 3. The maximum Gasteiger partial charge on any atom is 0.341 e. The normalized spacial score (nSPS) is 22.8. The summed E-state index contributed by atoms with van der Waals surface area (Å²) >= 11 is 0. The van der Waals surface area contributed by atoms with Gasteiger partial charge in [-0.25, -0.2) is 18.6 Å². The van der Waals surface area contributed by atoms with Gasteiger partial charge < -0.3 is 15.7 Å². The van der Waals surface area contributed by atoms with Crippen LogP contribution in [0, 0.1) is 23.5 Å². The minimum absolute atomic E-state index is 0.0441. The molecule has 0 bridgehead atoms. The number of nitrogens with zero attached hydrogens (tertiary/aromatic N) is 3. The lowest BCUT2D eigenvalue weighted by Gasteiger charge is -2.50. The largest absolute Gasteiger partial charge is 0.477 e. The van der Waals surface area contributed by atoms with Gasteiger partial charge in [0.15, 0.2) is 5.65 Å². The second-order valence-corrected chi connectivity index (χ2v) is 8.24. The lowest BCUT2D eigenvalue weighted by molar-refractivity contribution is 0.0695. The molecule has 1 saturated carbocycles. The number of carboxylic acids is 1. The number of halogens is 2. The van der Waals surface area contributed by atoms with Gasteiger partial charge in [0.05, 0.1) is 11.1 Å². The molecule has 0 amide bonds. The van der Waals surface area contributed by atoms with Crippen molar-refractivity contribution < 1.29 is 18.7 Å². The van der Waals surface area contributed by atoms with Crippen LogP contribution in [0.25, 0.3) is 16.7 Å². The lowest BCUT2D eigenvalue weighted by atomic mass is 9.66. The maximum atomic E-state index is 14.6. The molecule has 3 unspecified atom stereocenters. The van der Waals surface area contributed by atoms with Crippen molar-refractivity contribution in [3.63, 3.8) is 0 Å². The summed E-state index contributed by atoms with van der Waals surface area (Å²) in [6.07, 6.45) is 3.06. The number of pyridine rings is 2. The fraction of sp³-hybridized carbons (Fsp3) is 0.318. The summed E-state index contributed by atoms with van der Waals surface area (Å²) in [4.78, 5) is 31.0. The molecule has 1 aliphatic heterocycles. The molecule has 1 aromatic carbocycles. The topological polar surface area (TPSA) is 101 Å². The fourth-order valence-electron chi connectivity index (χ4n) is 4.73. The average molecular weight is 426 g/mol. The van der Waals surface area contributed by atoms with Crippen LogP contribution in [-0.2, 0) is 0 Å². The Morgan fingerprint density at radius 2 is 2.03 bits per heavy atom. The van der Waals surface area contributed by atoms with E-state index in [-0.39, 0.29) is 22.8 Å². The number of hydrogen-bond acceptors (Lipinski definition) is 5. The molecule has 160 valence electrons. The van der Waals surface area contributed by atoms with Crippen LogP contribution in [0.1, 0.15) is 23.2 Å². The van der Waals surface area contributed by atoms with Crippen LogP contribution in [0.4, 0.5) is 14.6 Å². The van der Waals surface area contributed by atoms with E-state index in [2.05, 4.69) is 9.88 Å². The predicted octanol–water partition coefficient (Wildman–Crippen LogP) is 2.54. The molecule has 2 aliphatic rings. The van der Waals surface area contributed by atoms with Gasteiger partial charge in [-0.3, -0.25) is 9.36 Å². The Labute approximate surface area is 175 Å². The molecule has 31 heavy (non-hydrogen) atoms. The van der Waals surface area contributed by atoms with E-state index >= 15 is 0 Å². The highest BCUT2D eigenvalue weighted by Crippen LogP contribution is 2.40. The number of hydrogen-bond donors (Lipinski definition) is 2. The molecule has 0 spiro atoms. The number of aromatic carboxylic acids is 1. The molecule has 2 aromatic heterocycles. The highest BCUT2D eigenvalue weighted by molar-refractivity contribution is 5.92. The number of carbonyl (C=O) groups is 1. The molecule has 1 saturated heterocycles. The van der Waals surface area contributed by atoms with Crippen molar-refractivity contribution in [1.82, 2.24) is 9.55 Å². The third kappa shape index (κ3) is 3.16. The van der Waals surface area contributed by atoms with Gasteiger partial charge in [-0.2, -0.15) is 0 Å². The molecule has 5 rings (SSSR count). The molecule has 3 aromatic rings. The first-order chi connectivity index (χ1) is 14.8. The average Bonchev–Trinajstić information content (AvgIpc) is 2.73. The predicted molar refractivity (Wildman–Crippen MR) is 111 cm³/mol. The smallest absolute Gasteiger partial charge is 0.341 e. The Morgan fingerprint density at radius 3 is 2.74 bits per heavy atom. The molecular formula is C22H20F2N4O3. The molecule has 0 radical (unpaired) electrons. The van der Waals surface area contributed by atoms with Crippen molar-refractivity contribution in [2.75, 3.05) is 18.0 Å². The highest BCUT2D eigenvalue weighted by atomic mass is 19.1. The van der Waals surface area contributed by atoms with Gasteiger partial charge in [0.25, 0.3) is 0 Å². The van der Waals surface area contributed by atoms with E-state index in [0.717, 1.165) is 38.2 Å². The molecule has 9 heteroatoms. The Kier molecular flexibility index (Phi) is 4.51. The number of nitrogens with two attached hydrogens (primary N) is 1. The second-order valence-electron chi connectivity index (χ2n) is 8.24. The zero-order valence-electron chi connectivity index (χ0n) is 16.5. The molecule has 1 aliphatic carbocycles. The number of piperidine rings is 1. The van der Waals surface area contributed by atoms with Gasteiger partial charge in [-0.1, -0.05) is 0 Å². The molecule has 3 heterocycles. The standard InChI is InChI=1S/C22H20F2N4O3/c23-12-1-3-18(16(24)8-12)28-10-15(22(30)31)20(29)13-2-4-19(26-21(13)28)27-6-5-11-7-17(25)14(11)9-27/h1-4,8,10-11,14,17H,5-7,9,25H2,(H,30,31). The Balaban J connectivity index is 1.68. The van der Waals surface area contributed by atoms with Crippen LogP contribution in [0.2, 0.25) is 0 Å². The van der Waals surface area contributed by atoms with E-state index in [0.29, 0.717) is 23.7 Å². The minimum Gasteiger partial charge on any atom is -0.477 e. The summed E-state index contributed by atoms with van der Waals surface area (Å²) in [5.41, 5.74) is 4.92. The molecular weight excluding hydrogens is 406 g/mol. The van der Waals surface area contributed by atoms with E-state index in [1.54, 1.807) is 6.07 Å². The summed E-state index contributed by atoms with van der Waals surface area (Å²) in [6, 6.07) is 6.30. The third-order valence-electron chi connectivity index (χ3n) is 6.49. The van der Waals surface area contributed by atoms with Crippen molar-refractivity contribution in [3.8, 4) is 5.69 Å². The van der Waals surface area contributed by atoms with E-state index < -0.39 is 28.6 Å². The van der Waals surface area contributed by atoms with E-state index in [1.807, 2.05) is 0 Å². The summed E-state index contributed by atoms with van der Waals surface area (Å²) < 4.78 is 29.2. The Hall–Kier alpha value is -3.33. The third-order valence-corrected chi connectivity index (χ3v) is 6.49. The summed E-state index contributed by atoms with van der Waals surface area (Å²) in [6.45, 7) is 1.53. The van der Waals surface area contributed by atoms with Crippen LogP contribution in [0.15, 0.2) is 41.3 Å². The molecule has 7 nitrogen and oxygen atoms in total. The summed E-state index contributed by atoms with van der Waals surface area (Å²) in [5.74, 6) is -1.49. The van der Waals surface area contributed by atoms with Crippen molar-refractivity contribution in [2.45, 2.75) is 18.9 Å². The highest BCUT2D eigenvalue weighted by Gasteiger charge is 2.42. The number of benzene rings is 1. The van der Waals surface area contributed by atoms with Crippen LogP contribution >= 0.6 is 0 Å². The zero-order chi connectivity index (χ0) is 21.9. The van der Waals surface area contributed by atoms with Crippen LogP contribution < -0.4 is 16.1 Å². The molecule has 3 atom stereocenters. The number of fused-ring (bicyclic) bond motifs is 2. The number of carboxylic acid groups (broad SMARTS) is 1. The second kappa shape index (κ2) is 7.12. The van der Waals surface area contributed by atoms with Crippen molar-refractivity contribution in [2.24, 2.45) is 17.6 Å². The van der Waals surface area contributed by atoms with Gasteiger partial charge in [0, 0.05) is 31.4 Å². The first kappa shape index (κ1) is 19.6.